The number of imide groups is 1. The second-order valence-electron chi connectivity index (χ2n) is 5.70. The maximum atomic E-state index is 12.1. The molecule has 152 valence electrons. The van der Waals surface area contributed by atoms with Gasteiger partial charge in [-0.3, -0.25) is 20.2 Å². The molecule has 0 aromatic heterocycles. The summed E-state index contributed by atoms with van der Waals surface area (Å²) in [6.45, 7) is 2.85. The van der Waals surface area contributed by atoms with Crippen molar-refractivity contribution in [1.29, 1.82) is 0 Å². The van der Waals surface area contributed by atoms with Gasteiger partial charge in [-0.2, -0.15) is 0 Å². The zero-order chi connectivity index (χ0) is 21.4. The van der Waals surface area contributed by atoms with Crippen molar-refractivity contribution >= 4 is 35.4 Å². The first kappa shape index (κ1) is 21.9. The summed E-state index contributed by atoms with van der Waals surface area (Å²) in [6.07, 6.45) is -0.957. The number of esters is 1. The van der Waals surface area contributed by atoms with Crippen LogP contribution in [0.1, 0.15) is 22.8 Å². The predicted molar refractivity (Wildman–Crippen MR) is 104 cm³/mol. The fourth-order valence-electron chi connectivity index (χ4n) is 2.14. The number of amides is 2. The van der Waals surface area contributed by atoms with Crippen molar-refractivity contribution in [2.45, 2.75) is 23.6 Å². The van der Waals surface area contributed by atoms with Gasteiger partial charge in [0.2, 0.25) is 0 Å². The lowest BCUT2D eigenvalue weighted by atomic mass is 10.2. The minimum absolute atomic E-state index is 0.0789. The molecule has 2 amide bonds. The van der Waals surface area contributed by atoms with E-state index in [2.05, 4.69) is 4.74 Å². The SMILES string of the molecule is CCOC(=O)NC(=O)COC(=O)c1ccc(Sc2ccc(C)cc2)c([N+](=O)[O-])c1. The van der Waals surface area contributed by atoms with Crippen LogP contribution in [0.4, 0.5) is 10.5 Å². The average molecular weight is 418 g/mol. The largest absolute Gasteiger partial charge is 0.452 e. The Morgan fingerprint density at radius 3 is 2.41 bits per heavy atom. The molecule has 0 saturated heterocycles. The summed E-state index contributed by atoms with van der Waals surface area (Å²) in [7, 11) is 0. The standard InChI is InChI=1S/C19H18N2O7S/c1-3-27-19(24)20-17(22)11-28-18(23)13-6-9-16(15(10-13)21(25)26)29-14-7-4-12(2)5-8-14/h4-10H,3,11H2,1-2H3,(H,20,22,24). The maximum Gasteiger partial charge on any atom is 0.413 e. The Labute approximate surface area is 170 Å². The van der Waals surface area contributed by atoms with E-state index >= 15 is 0 Å². The second-order valence-corrected chi connectivity index (χ2v) is 6.81. The lowest BCUT2D eigenvalue weighted by Crippen LogP contribution is -2.34. The molecule has 0 aliphatic rings. The van der Waals surface area contributed by atoms with E-state index in [-0.39, 0.29) is 17.9 Å². The Hall–Kier alpha value is -3.40. The fourth-order valence-corrected chi connectivity index (χ4v) is 3.04. The Morgan fingerprint density at radius 1 is 1.10 bits per heavy atom. The number of aryl methyl sites for hydroxylation is 1. The summed E-state index contributed by atoms with van der Waals surface area (Å²) in [6, 6.07) is 11.4. The number of alkyl carbamates (subject to hydrolysis) is 1. The third-order valence-corrected chi connectivity index (χ3v) is 4.56. The number of nitrogens with one attached hydrogen (secondary N) is 1. The Morgan fingerprint density at radius 2 is 1.79 bits per heavy atom. The molecule has 2 aromatic carbocycles. The molecule has 0 fully saturated rings. The van der Waals surface area contributed by atoms with Crippen LogP contribution in [-0.2, 0) is 14.3 Å². The fraction of sp³-hybridized carbons (Fsp3) is 0.211. The molecule has 0 atom stereocenters. The molecule has 0 heterocycles. The zero-order valence-electron chi connectivity index (χ0n) is 15.7. The molecule has 10 heteroatoms. The van der Waals surface area contributed by atoms with Crippen molar-refractivity contribution in [3.63, 3.8) is 0 Å². The highest BCUT2D eigenvalue weighted by atomic mass is 32.2. The van der Waals surface area contributed by atoms with Gasteiger partial charge in [-0.05, 0) is 38.1 Å². The third-order valence-electron chi connectivity index (χ3n) is 3.49. The molecule has 0 aliphatic carbocycles. The van der Waals surface area contributed by atoms with Gasteiger partial charge in [0.05, 0.1) is 22.0 Å². The van der Waals surface area contributed by atoms with Crippen molar-refractivity contribution in [2.24, 2.45) is 0 Å². The van der Waals surface area contributed by atoms with Gasteiger partial charge in [0.15, 0.2) is 6.61 Å². The Balaban J connectivity index is 2.07. The highest BCUT2D eigenvalue weighted by Gasteiger charge is 2.20. The van der Waals surface area contributed by atoms with E-state index in [0.717, 1.165) is 16.5 Å². The van der Waals surface area contributed by atoms with Gasteiger partial charge in [-0.1, -0.05) is 29.5 Å². The molecule has 2 rings (SSSR count). The Kier molecular flexibility index (Phi) is 7.72. The van der Waals surface area contributed by atoms with Gasteiger partial charge >= 0.3 is 12.1 Å². The molecule has 1 N–H and O–H groups in total. The maximum absolute atomic E-state index is 12.1. The number of hydrogen-bond donors (Lipinski definition) is 1. The molecule has 0 aliphatic heterocycles. The van der Waals surface area contributed by atoms with Gasteiger partial charge in [-0.25, -0.2) is 9.59 Å². The highest BCUT2D eigenvalue weighted by molar-refractivity contribution is 7.99. The minimum atomic E-state index is -0.957. The van der Waals surface area contributed by atoms with Crippen LogP contribution in [-0.4, -0.2) is 36.1 Å². The minimum Gasteiger partial charge on any atom is -0.452 e. The van der Waals surface area contributed by atoms with Crippen LogP contribution in [0, 0.1) is 17.0 Å². The van der Waals surface area contributed by atoms with E-state index in [1.807, 2.05) is 36.5 Å². The normalized spacial score (nSPS) is 10.1. The molecule has 9 nitrogen and oxygen atoms in total. The number of rotatable bonds is 7. The number of benzene rings is 2. The van der Waals surface area contributed by atoms with Crippen molar-refractivity contribution in [3.8, 4) is 0 Å². The average Bonchev–Trinajstić information content (AvgIpc) is 2.68. The summed E-state index contributed by atoms with van der Waals surface area (Å²) >= 11 is 1.19. The van der Waals surface area contributed by atoms with Gasteiger partial charge < -0.3 is 9.47 Å². The molecular weight excluding hydrogens is 400 g/mol. The number of hydrogen-bond acceptors (Lipinski definition) is 8. The van der Waals surface area contributed by atoms with Gasteiger partial charge in [-0.15, -0.1) is 0 Å². The van der Waals surface area contributed by atoms with Crippen LogP contribution in [0.25, 0.3) is 0 Å². The zero-order valence-corrected chi connectivity index (χ0v) is 16.5. The van der Waals surface area contributed by atoms with Gasteiger partial charge in [0, 0.05) is 11.0 Å². The van der Waals surface area contributed by atoms with E-state index in [9.17, 15) is 24.5 Å². The smallest absolute Gasteiger partial charge is 0.413 e. The summed E-state index contributed by atoms with van der Waals surface area (Å²) in [5.41, 5.74) is 0.712. The summed E-state index contributed by atoms with van der Waals surface area (Å²) in [4.78, 5) is 46.7. The van der Waals surface area contributed by atoms with E-state index < -0.39 is 29.5 Å². The van der Waals surface area contributed by atoms with Crippen molar-refractivity contribution in [3.05, 3.63) is 63.7 Å². The first-order valence-electron chi connectivity index (χ1n) is 8.47. The van der Waals surface area contributed by atoms with Gasteiger partial charge in [0.1, 0.15) is 0 Å². The quantitative estimate of drug-likeness (QED) is 0.412. The van der Waals surface area contributed by atoms with Crippen molar-refractivity contribution in [1.82, 2.24) is 5.32 Å². The second kappa shape index (κ2) is 10.2. The molecule has 0 spiro atoms. The highest BCUT2D eigenvalue weighted by Crippen LogP contribution is 2.35. The van der Waals surface area contributed by atoms with Crippen molar-refractivity contribution < 1.29 is 28.8 Å². The third kappa shape index (κ3) is 6.61. The predicted octanol–water partition coefficient (Wildman–Crippen LogP) is 3.48. The van der Waals surface area contributed by atoms with Crippen LogP contribution >= 0.6 is 11.8 Å². The number of nitro groups is 1. The molecular formula is C19H18N2O7S. The molecule has 0 bridgehead atoms. The van der Waals surface area contributed by atoms with Crippen LogP contribution in [0.2, 0.25) is 0 Å². The number of ether oxygens (including phenoxy) is 2. The molecule has 0 saturated carbocycles. The number of nitro benzene ring substituents is 1. The topological polar surface area (TPSA) is 125 Å². The van der Waals surface area contributed by atoms with Crippen molar-refractivity contribution in [2.75, 3.05) is 13.2 Å². The van der Waals surface area contributed by atoms with Crippen LogP contribution in [0.5, 0.6) is 0 Å². The lowest BCUT2D eigenvalue weighted by Gasteiger charge is -2.07. The monoisotopic (exact) mass is 418 g/mol. The molecule has 29 heavy (non-hydrogen) atoms. The summed E-state index contributed by atoms with van der Waals surface area (Å²) < 4.78 is 9.31. The van der Waals surface area contributed by atoms with E-state index in [0.29, 0.717) is 4.90 Å². The van der Waals surface area contributed by atoms with Crippen LogP contribution in [0.15, 0.2) is 52.3 Å². The lowest BCUT2D eigenvalue weighted by molar-refractivity contribution is -0.387. The first-order valence-corrected chi connectivity index (χ1v) is 9.28. The van der Waals surface area contributed by atoms with E-state index in [4.69, 9.17) is 4.74 Å². The summed E-state index contributed by atoms with van der Waals surface area (Å²) in [5.74, 6) is -1.81. The van der Waals surface area contributed by atoms with E-state index in [1.54, 1.807) is 6.92 Å². The van der Waals surface area contributed by atoms with E-state index in [1.165, 1.54) is 23.9 Å². The summed E-state index contributed by atoms with van der Waals surface area (Å²) in [5, 5.41) is 13.3. The van der Waals surface area contributed by atoms with Crippen LogP contribution in [0.3, 0.4) is 0 Å². The molecule has 0 unspecified atom stereocenters. The van der Waals surface area contributed by atoms with Crippen LogP contribution < -0.4 is 5.32 Å². The molecule has 0 radical (unpaired) electrons. The van der Waals surface area contributed by atoms with Gasteiger partial charge in [0.25, 0.3) is 11.6 Å². The number of carbonyl (C=O) groups excluding carboxylic acids is 3. The number of nitrogens with zero attached hydrogens (tertiary/aromatic N) is 1. The molecule has 2 aromatic rings. The number of carbonyl (C=O) groups is 3. The first-order chi connectivity index (χ1) is 13.8. The Bertz CT molecular complexity index is 929.